The van der Waals surface area contributed by atoms with Gasteiger partial charge in [0.25, 0.3) is 0 Å². The van der Waals surface area contributed by atoms with Crippen molar-refractivity contribution >= 4 is 64.2 Å². The SMILES string of the molecule is c1ccc(-c2cccc(-c3cc(-c4ccc(-c5nc6ccccc6c6c5sc5ccccc56)cc4)nc(-c4cccc(-n5c6ccccc6c6ccccc65)c4)n3)c2)cc1. The smallest absolute Gasteiger partial charge is 0.160 e. The van der Waals surface area contributed by atoms with Crippen LogP contribution in [0.4, 0.5) is 0 Å². The van der Waals surface area contributed by atoms with Crippen LogP contribution in [0.1, 0.15) is 0 Å². The van der Waals surface area contributed by atoms with Gasteiger partial charge in [-0.1, -0.05) is 158 Å². The normalized spacial score (nSPS) is 11.7. The lowest BCUT2D eigenvalue weighted by Gasteiger charge is -2.13. The highest BCUT2D eigenvalue weighted by Crippen LogP contribution is 2.43. The Bertz CT molecular complexity index is 3550. The van der Waals surface area contributed by atoms with E-state index in [-0.39, 0.29) is 0 Å². The zero-order chi connectivity index (χ0) is 39.6. The van der Waals surface area contributed by atoms with Gasteiger partial charge >= 0.3 is 0 Å². The van der Waals surface area contributed by atoms with Crippen LogP contribution in [0.2, 0.25) is 0 Å². The van der Waals surface area contributed by atoms with E-state index in [1.165, 1.54) is 41.9 Å². The minimum atomic E-state index is 0.669. The number of pyridine rings is 1. The maximum Gasteiger partial charge on any atom is 0.160 e. The third-order valence-corrected chi connectivity index (χ3v) is 12.8. The van der Waals surface area contributed by atoms with Gasteiger partial charge in [-0.05, 0) is 59.7 Å². The Morgan fingerprint density at radius 3 is 1.73 bits per heavy atom. The fraction of sp³-hybridized carbons (Fsp3) is 0. The number of fused-ring (bicyclic) bond motifs is 8. The van der Waals surface area contributed by atoms with Crippen molar-refractivity contribution in [3.05, 3.63) is 206 Å². The number of hydrogen-bond acceptors (Lipinski definition) is 4. The molecule has 0 spiro atoms. The molecule has 0 radical (unpaired) electrons. The van der Waals surface area contributed by atoms with E-state index in [1.807, 2.05) is 11.3 Å². The number of aromatic nitrogens is 4. The summed E-state index contributed by atoms with van der Waals surface area (Å²) in [6.45, 7) is 0. The van der Waals surface area contributed by atoms with Gasteiger partial charge < -0.3 is 4.57 Å². The first-order valence-corrected chi connectivity index (χ1v) is 21.0. The summed E-state index contributed by atoms with van der Waals surface area (Å²) < 4.78 is 4.81. The predicted molar refractivity (Wildman–Crippen MR) is 252 cm³/mol. The summed E-state index contributed by atoms with van der Waals surface area (Å²) in [6, 6.07) is 73.0. The molecule has 0 fully saturated rings. The Morgan fingerprint density at radius 2 is 0.950 bits per heavy atom. The Hall–Kier alpha value is -7.73. The van der Waals surface area contributed by atoms with E-state index in [1.54, 1.807) is 0 Å². The van der Waals surface area contributed by atoms with Gasteiger partial charge in [-0.3, -0.25) is 0 Å². The summed E-state index contributed by atoms with van der Waals surface area (Å²) in [5.74, 6) is 0.669. The maximum absolute atomic E-state index is 5.32. The summed E-state index contributed by atoms with van der Waals surface area (Å²) in [6.07, 6.45) is 0. The summed E-state index contributed by atoms with van der Waals surface area (Å²) >= 11 is 1.81. The van der Waals surface area contributed by atoms with E-state index in [0.717, 1.165) is 67.1 Å². The van der Waals surface area contributed by atoms with Crippen molar-refractivity contribution in [2.75, 3.05) is 0 Å². The maximum atomic E-state index is 5.32. The Balaban J connectivity index is 1.01. The molecule has 0 unspecified atom stereocenters. The quantitative estimate of drug-likeness (QED) is 0.169. The summed E-state index contributed by atoms with van der Waals surface area (Å²) in [7, 11) is 0. The highest BCUT2D eigenvalue weighted by molar-refractivity contribution is 7.26. The molecule has 280 valence electrons. The van der Waals surface area contributed by atoms with Crippen LogP contribution >= 0.6 is 11.3 Å². The average molecular weight is 783 g/mol. The zero-order valence-corrected chi connectivity index (χ0v) is 33.1. The minimum absolute atomic E-state index is 0.669. The van der Waals surface area contributed by atoms with Gasteiger partial charge in [0.2, 0.25) is 0 Å². The number of thiophene rings is 1. The highest BCUT2D eigenvalue weighted by Gasteiger charge is 2.18. The van der Waals surface area contributed by atoms with Crippen molar-refractivity contribution in [1.29, 1.82) is 0 Å². The van der Waals surface area contributed by atoms with Crippen LogP contribution in [0.5, 0.6) is 0 Å². The summed E-state index contributed by atoms with van der Waals surface area (Å²) in [5, 5.41) is 6.19. The van der Waals surface area contributed by atoms with Gasteiger partial charge in [0.15, 0.2) is 5.82 Å². The van der Waals surface area contributed by atoms with E-state index < -0.39 is 0 Å². The topological polar surface area (TPSA) is 43.6 Å². The van der Waals surface area contributed by atoms with Crippen LogP contribution in [-0.2, 0) is 0 Å². The molecule has 4 heterocycles. The van der Waals surface area contributed by atoms with Crippen molar-refractivity contribution in [1.82, 2.24) is 19.5 Å². The molecular weight excluding hydrogens is 749 g/mol. The monoisotopic (exact) mass is 782 g/mol. The second-order valence-electron chi connectivity index (χ2n) is 15.2. The van der Waals surface area contributed by atoms with Crippen LogP contribution in [0, 0.1) is 0 Å². The van der Waals surface area contributed by atoms with E-state index in [9.17, 15) is 0 Å². The largest absolute Gasteiger partial charge is 0.309 e. The molecule has 0 aliphatic rings. The molecule has 5 heteroatoms. The van der Waals surface area contributed by atoms with Crippen molar-refractivity contribution in [3.8, 4) is 62.0 Å². The lowest BCUT2D eigenvalue weighted by molar-refractivity contribution is 1.16. The molecule has 0 atom stereocenters. The predicted octanol–water partition coefficient (Wildman–Crippen LogP) is 14.8. The van der Waals surface area contributed by atoms with Gasteiger partial charge in [0, 0.05) is 59.6 Å². The lowest BCUT2D eigenvalue weighted by atomic mass is 10.00. The third-order valence-electron chi connectivity index (χ3n) is 11.6. The first-order chi connectivity index (χ1) is 29.7. The highest BCUT2D eigenvalue weighted by atomic mass is 32.1. The first-order valence-electron chi connectivity index (χ1n) is 20.2. The molecule has 4 nitrogen and oxygen atoms in total. The molecule has 0 bridgehead atoms. The van der Waals surface area contributed by atoms with Crippen LogP contribution in [0.15, 0.2) is 206 Å². The average Bonchev–Trinajstić information content (AvgIpc) is 3.88. The Morgan fingerprint density at radius 1 is 0.367 bits per heavy atom. The zero-order valence-electron chi connectivity index (χ0n) is 32.3. The molecule has 0 saturated carbocycles. The number of nitrogens with zero attached hydrogens (tertiary/aromatic N) is 4. The second kappa shape index (κ2) is 14.0. The molecule has 0 saturated heterocycles. The van der Waals surface area contributed by atoms with Crippen LogP contribution < -0.4 is 0 Å². The van der Waals surface area contributed by atoms with E-state index in [0.29, 0.717) is 5.82 Å². The Labute approximate surface area is 350 Å². The lowest BCUT2D eigenvalue weighted by Crippen LogP contribution is -1.98. The van der Waals surface area contributed by atoms with Crippen LogP contribution in [0.25, 0.3) is 115 Å². The summed E-state index contributed by atoms with van der Waals surface area (Å²) in [4.78, 5) is 15.9. The molecule has 60 heavy (non-hydrogen) atoms. The van der Waals surface area contributed by atoms with Gasteiger partial charge in [0.05, 0.1) is 38.3 Å². The second-order valence-corrected chi connectivity index (χ2v) is 16.2. The van der Waals surface area contributed by atoms with Crippen molar-refractivity contribution in [3.63, 3.8) is 0 Å². The molecular formula is C55H34N4S. The number of hydrogen-bond donors (Lipinski definition) is 0. The fourth-order valence-corrected chi connectivity index (χ4v) is 10.0. The van der Waals surface area contributed by atoms with Gasteiger partial charge in [-0.15, -0.1) is 11.3 Å². The molecule has 4 aromatic heterocycles. The standard InChI is InChI=1S/C55H34N4S/c1-2-14-35(15-3-1)38-16-12-17-39(32-38)48-34-47(57-55(58-48)40-18-13-19-41(33-40)59-49-25-9-5-20-42(49)43-21-6-10-26-50(43)59)36-28-30-37(31-29-36)53-54-52(44-22-4-8-24-46(44)56-53)45-23-7-11-27-51(45)60-54/h1-34H. The molecule has 0 aliphatic heterocycles. The number of rotatable bonds is 6. The van der Waals surface area contributed by atoms with Crippen LogP contribution in [-0.4, -0.2) is 19.5 Å². The van der Waals surface area contributed by atoms with Gasteiger partial charge in [-0.25, -0.2) is 15.0 Å². The van der Waals surface area contributed by atoms with Crippen molar-refractivity contribution in [2.24, 2.45) is 0 Å². The van der Waals surface area contributed by atoms with E-state index >= 15 is 0 Å². The molecule has 12 aromatic rings. The fourth-order valence-electron chi connectivity index (χ4n) is 8.77. The first kappa shape index (κ1) is 34.3. The van der Waals surface area contributed by atoms with Crippen molar-refractivity contribution < 1.29 is 0 Å². The third kappa shape index (κ3) is 5.70. The molecule has 0 amide bonds. The molecule has 0 aliphatic carbocycles. The van der Waals surface area contributed by atoms with E-state index in [2.05, 4.69) is 211 Å². The summed E-state index contributed by atoms with van der Waals surface area (Å²) in [5.41, 5.74) is 13.5. The van der Waals surface area contributed by atoms with Gasteiger partial charge in [0.1, 0.15) is 0 Å². The molecule has 0 N–H and O–H groups in total. The number of benzene rings is 8. The van der Waals surface area contributed by atoms with Gasteiger partial charge in [-0.2, -0.15) is 0 Å². The molecule has 12 rings (SSSR count). The molecule has 8 aromatic carbocycles. The van der Waals surface area contributed by atoms with Crippen molar-refractivity contribution in [2.45, 2.75) is 0 Å². The Kier molecular flexibility index (Phi) is 8.00. The van der Waals surface area contributed by atoms with E-state index in [4.69, 9.17) is 15.0 Å². The minimum Gasteiger partial charge on any atom is -0.309 e. The number of para-hydroxylation sites is 3. The van der Waals surface area contributed by atoms with Crippen LogP contribution in [0.3, 0.4) is 0 Å².